The molecular formula is C13H22N2O. The van der Waals surface area contributed by atoms with Gasteiger partial charge in [-0.25, -0.2) is 0 Å². The SMILES string of the molecule is COc1ccc(CN(C)C(C)CCN)cc1. The Bertz CT molecular complexity index is 297. The van der Waals surface area contributed by atoms with Crippen LogP contribution in [0.25, 0.3) is 0 Å². The average molecular weight is 222 g/mol. The normalized spacial score (nSPS) is 12.8. The van der Waals surface area contributed by atoms with E-state index in [1.807, 2.05) is 12.1 Å². The van der Waals surface area contributed by atoms with Gasteiger partial charge in [0.1, 0.15) is 5.75 Å². The summed E-state index contributed by atoms with van der Waals surface area (Å²) in [7, 11) is 3.81. The summed E-state index contributed by atoms with van der Waals surface area (Å²) in [4.78, 5) is 2.31. The molecule has 0 saturated carbocycles. The molecule has 0 saturated heterocycles. The van der Waals surface area contributed by atoms with Crippen LogP contribution >= 0.6 is 0 Å². The van der Waals surface area contributed by atoms with E-state index in [-0.39, 0.29) is 0 Å². The van der Waals surface area contributed by atoms with Gasteiger partial charge in [-0.3, -0.25) is 4.90 Å². The fourth-order valence-electron chi connectivity index (χ4n) is 1.64. The Morgan fingerprint density at radius 1 is 1.31 bits per heavy atom. The first kappa shape index (κ1) is 13.0. The Morgan fingerprint density at radius 3 is 2.44 bits per heavy atom. The quantitative estimate of drug-likeness (QED) is 0.798. The van der Waals surface area contributed by atoms with Gasteiger partial charge in [-0.15, -0.1) is 0 Å². The van der Waals surface area contributed by atoms with Gasteiger partial charge in [0.15, 0.2) is 0 Å². The van der Waals surface area contributed by atoms with Gasteiger partial charge in [-0.05, 0) is 44.6 Å². The van der Waals surface area contributed by atoms with Gasteiger partial charge in [0.05, 0.1) is 7.11 Å². The van der Waals surface area contributed by atoms with Crippen LogP contribution < -0.4 is 10.5 Å². The highest BCUT2D eigenvalue weighted by molar-refractivity contribution is 5.27. The van der Waals surface area contributed by atoms with Crippen LogP contribution in [0, 0.1) is 0 Å². The molecule has 1 aromatic carbocycles. The molecule has 0 bridgehead atoms. The van der Waals surface area contributed by atoms with Crippen molar-refractivity contribution in [3.63, 3.8) is 0 Å². The van der Waals surface area contributed by atoms with Gasteiger partial charge in [0.25, 0.3) is 0 Å². The molecule has 0 radical (unpaired) electrons. The highest BCUT2D eigenvalue weighted by Crippen LogP contribution is 2.13. The molecule has 3 heteroatoms. The number of methoxy groups -OCH3 is 1. The van der Waals surface area contributed by atoms with Gasteiger partial charge >= 0.3 is 0 Å². The lowest BCUT2D eigenvalue weighted by Gasteiger charge is -2.24. The maximum atomic E-state index is 5.56. The molecule has 2 N–H and O–H groups in total. The van der Waals surface area contributed by atoms with Crippen LogP contribution in [-0.2, 0) is 6.54 Å². The Morgan fingerprint density at radius 2 is 1.94 bits per heavy atom. The monoisotopic (exact) mass is 222 g/mol. The first-order valence-electron chi connectivity index (χ1n) is 5.70. The van der Waals surface area contributed by atoms with E-state index in [0.29, 0.717) is 6.04 Å². The van der Waals surface area contributed by atoms with Crippen molar-refractivity contribution < 1.29 is 4.74 Å². The second-order valence-corrected chi connectivity index (χ2v) is 4.19. The van der Waals surface area contributed by atoms with Crippen LogP contribution in [-0.4, -0.2) is 31.6 Å². The first-order valence-corrected chi connectivity index (χ1v) is 5.70. The van der Waals surface area contributed by atoms with Crippen molar-refractivity contribution in [2.75, 3.05) is 20.7 Å². The molecule has 0 aliphatic carbocycles. The van der Waals surface area contributed by atoms with Crippen LogP contribution in [0.1, 0.15) is 18.9 Å². The van der Waals surface area contributed by atoms with Crippen molar-refractivity contribution in [2.24, 2.45) is 5.73 Å². The zero-order chi connectivity index (χ0) is 12.0. The van der Waals surface area contributed by atoms with Crippen molar-refractivity contribution >= 4 is 0 Å². The highest BCUT2D eigenvalue weighted by atomic mass is 16.5. The van der Waals surface area contributed by atoms with E-state index in [1.54, 1.807) is 7.11 Å². The van der Waals surface area contributed by atoms with E-state index >= 15 is 0 Å². The van der Waals surface area contributed by atoms with Crippen molar-refractivity contribution in [1.29, 1.82) is 0 Å². The zero-order valence-corrected chi connectivity index (χ0v) is 10.4. The molecule has 90 valence electrons. The number of ether oxygens (including phenoxy) is 1. The molecule has 1 atom stereocenters. The third-order valence-electron chi connectivity index (χ3n) is 2.93. The summed E-state index contributed by atoms with van der Waals surface area (Å²) in [6.07, 6.45) is 1.03. The molecule has 1 rings (SSSR count). The summed E-state index contributed by atoms with van der Waals surface area (Å²) >= 11 is 0. The molecular weight excluding hydrogens is 200 g/mol. The second-order valence-electron chi connectivity index (χ2n) is 4.19. The Hall–Kier alpha value is -1.06. The lowest BCUT2D eigenvalue weighted by molar-refractivity contribution is 0.240. The average Bonchev–Trinajstić information content (AvgIpc) is 2.30. The van der Waals surface area contributed by atoms with Crippen LogP contribution in [0.4, 0.5) is 0 Å². The number of rotatable bonds is 6. The molecule has 1 unspecified atom stereocenters. The molecule has 1 aromatic rings. The minimum Gasteiger partial charge on any atom is -0.497 e. The third-order valence-corrected chi connectivity index (χ3v) is 2.93. The van der Waals surface area contributed by atoms with Crippen molar-refractivity contribution in [3.8, 4) is 5.75 Å². The molecule has 0 amide bonds. The lowest BCUT2D eigenvalue weighted by Crippen LogP contribution is -2.30. The summed E-state index contributed by atoms with van der Waals surface area (Å²) in [6, 6.07) is 8.72. The fourth-order valence-corrected chi connectivity index (χ4v) is 1.64. The summed E-state index contributed by atoms with van der Waals surface area (Å²) in [5.41, 5.74) is 6.85. The van der Waals surface area contributed by atoms with Gasteiger partial charge < -0.3 is 10.5 Å². The molecule has 0 aromatic heterocycles. The second kappa shape index (κ2) is 6.51. The van der Waals surface area contributed by atoms with E-state index in [4.69, 9.17) is 10.5 Å². The van der Waals surface area contributed by atoms with Crippen molar-refractivity contribution in [3.05, 3.63) is 29.8 Å². The minimum absolute atomic E-state index is 0.520. The predicted molar refractivity (Wildman–Crippen MR) is 67.6 cm³/mol. The maximum absolute atomic E-state index is 5.56. The van der Waals surface area contributed by atoms with Crippen LogP contribution in [0.2, 0.25) is 0 Å². The van der Waals surface area contributed by atoms with Gasteiger partial charge in [0.2, 0.25) is 0 Å². The number of hydrogen-bond acceptors (Lipinski definition) is 3. The first-order chi connectivity index (χ1) is 7.67. The zero-order valence-electron chi connectivity index (χ0n) is 10.4. The number of nitrogens with two attached hydrogens (primary N) is 1. The van der Waals surface area contributed by atoms with Gasteiger partial charge in [-0.2, -0.15) is 0 Å². The number of hydrogen-bond donors (Lipinski definition) is 1. The van der Waals surface area contributed by atoms with Crippen LogP contribution in [0.3, 0.4) is 0 Å². The molecule has 0 aliphatic rings. The molecule has 0 heterocycles. The summed E-state index contributed by atoms with van der Waals surface area (Å²) in [5.74, 6) is 0.904. The Balaban J connectivity index is 2.52. The van der Waals surface area contributed by atoms with Crippen LogP contribution in [0.15, 0.2) is 24.3 Å². The highest BCUT2D eigenvalue weighted by Gasteiger charge is 2.08. The Labute approximate surface area is 98.2 Å². The molecule has 0 spiro atoms. The van der Waals surface area contributed by atoms with Crippen molar-refractivity contribution in [2.45, 2.75) is 25.9 Å². The van der Waals surface area contributed by atoms with E-state index in [0.717, 1.165) is 25.3 Å². The smallest absolute Gasteiger partial charge is 0.118 e. The summed E-state index contributed by atoms with van der Waals surface area (Å²) < 4.78 is 5.13. The van der Waals surface area contributed by atoms with E-state index in [2.05, 4.69) is 31.0 Å². The molecule has 16 heavy (non-hydrogen) atoms. The maximum Gasteiger partial charge on any atom is 0.118 e. The molecule has 3 nitrogen and oxygen atoms in total. The van der Waals surface area contributed by atoms with Crippen LogP contribution in [0.5, 0.6) is 5.75 Å². The van der Waals surface area contributed by atoms with E-state index in [1.165, 1.54) is 5.56 Å². The topological polar surface area (TPSA) is 38.5 Å². The van der Waals surface area contributed by atoms with E-state index in [9.17, 15) is 0 Å². The lowest BCUT2D eigenvalue weighted by atomic mass is 10.1. The van der Waals surface area contributed by atoms with E-state index < -0.39 is 0 Å². The van der Waals surface area contributed by atoms with Crippen molar-refractivity contribution in [1.82, 2.24) is 4.90 Å². The fraction of sp³-hybridized carbons (Fsp3) is 0.538. The standard InChI is InChI=1S/C13H22N2O/c1-11(8-9-14)15(2)10-12-4-6-13(16-3)7-5-12/h4-7,11H,8-10,14H2,1-3H3. The third kappa shape index (κ3) is 3.83. The number of benzene rings is 1. The molecule has 0 fully saturated rings. The number of nitrogens with zero attached hydrogens (tertiary/aromatic N) is 1. The summed E-state index contributed by atoms with van der Waals surface area (Å²) in [5, 5.41) is 0. The summed E-state index contributed by atoms with van der Waals surface area (Å²) in [6.45, 7) is 3.90. The molecule has 0 aliphatic heterocycles. The minimum atomic E-state index is 0.520. The Kier molecular flexibility index (Phi) is 5.29. The van der Waals surface area contributed by atoms with Gasteiger partial charge in [0, 0.05) is 12.6 Å². The predicted octanol–water partition coefficient (Wildman–Crippen LogP) is 1.86. The van der Waals surface area contributed by atoms with Gasteiger partial charge in [-0.1, -0.05) is 12.1 Å². The largest absolute Gasteiger partial charge is 0.497 e.